The van der Waals surface area contributed by atoms with Crippen molar-refractivity contribution in [3.05, 3.63) is 24.2 Å². The van der Waals surface area contributed by atoms with Crippen LogP contribution in [0.25, 0.3) is 5.52 Å². The molecule has 0 saturated carbocycles. The van der Waals surface area contributed by atoms with Crippen LogP contribution in [0.1, 0.15) is 103 Å². The molecule has 0 aromatic carbocycles. The normalized spacial score (nSPS) is 24.0. The van der Waals surface area contributed by atoms with Crippen molar-refractivity contribution in [2.45, 2.75) is 121 Å². The lowest BCUT2D eigenvalue weighted by Gasteiger charge is -2.27. The lowest BCUT2D eigenvalue weighted by molar-refractivity contribution is -0.0888. The van der Waals surface area contributed by atoms with Crippen LogP contribution >= 0.6 is 7.82 Å². The van der Waals surface area contributed by atoms with Crippen molar-refractivity contribution in [3.8, 4) is 0 Å². The van der Waals surface area contributed by atoms with Gasteiger partial charge in [-0.2, -0.15) is 5.10 Å². The number of hydrogen-bond acceptors (Lipinski definition) is 10. The number of nitrogens with two attached hydrogens (primary N) is 1. The Bertz CT molecular complexity index is 1100. The summed E-state index contributed by atoms with van der Waals surface area (Å²) in [5, 5.41) is 25.5. The van der Waals surface area contributed by atoms with Crippen LogP contribution in [0.5, 0.6) is 0 Å². The van der Waals surface area contributed by atoms with Crippen LogP contribution in [0.2, 0.25) is 0 Å². The summed E-state index contributed by atoms with van der Waals surface area (Å²) in [5.74, 6) is 0.251. The summed E-state index contributed by atoms with van der Waals surface area (Å²) in [7, 11) is -4.40. The number of phosphoric ester groups is 1. The SMILES string of the molecule is CCCCCCCCCCCCCCOCCCOP(=O)(O)OC[C@H]1O[C@@](C)(c2ccc3c(N)ncnn23)[C@H](O)[C@@H]1O. The van der Waals surface area contributed by atoms with Crippen LogP contribution in [-0.4, -0.2) is 74.4 Å². The van der Waals surface area contributed by atoms with Gasteiger partial charge in [-0.1, -0.05) is 77.6 Å². The third kappa shape index (κ3) is 10.2. The van der Waals surface area contributed by atoms with Crippen LogP contribution in [0, 0.1) is 0 Å². The van der Waals surface area contributed by atoms with Gasteiger partial charge in [-0.15, -0.1) is 0 Å². The Morgan fingerprint density at radius 1 is 0.952 bits per heavy atom. The zero-order chi connectivity index (χ0) is 30.4. The highest BCUT2D eigenvalue weighted by Gasteiger charge is 2.54. The Hall–Kier alpha value is -1.63. The molecule has 240 valence electrons. The zero-order valence-electron chi connectivity index (χ0n) is 25.2. The molecule has 3 heterocycles. The largest absolute Gasteiger partial charge is 0.472 e. The number of anilines is 1. The molecule has 1 aliphatic heterocycles. The molecule has 2 aromatic rings. The second-order valence-corrected chi connectivity index (χ2v) is 12.8. The molecule has 13 heteroatoms. The molecule has 3 rings (SSSR count). The van der Waals surface area contributed by atoms with Gasteiger partial charge in [-0.3, -0.25) is 9.05 Å². The summed E-state index contributed by atoms with van der Waals surface area (Å²) in [4.78, 5) is 14.0. The zero-order valence-corrected chi connectivity index (χ0v) is 26.1. The Balaban J connectivity index is 1.24. The Morgan fingerprint density at radius 2 is 1.57 bits per heavy atom. The van der Waals surface area contributed by atoms with E-state index in [4.69, 9.17) is 24.3 Å². The monoisotopic (exact) mass is 614 g/mol. The minimum Gasteiger partial charge on any atom is -0.387 e. The summed E-state index contributed by atoms with van der Waals surface area (Å²) in [6.07, 6.45) is 13.4. The van der Waals surface area contributed by atoms with Gasteiger partial charge in [0.1, 0.15) is 35.8 Å². The van der Waals surface area contributed by atoms with Crippen LogP contribution in [-0.2, 0) is 28.7 Å². The van der Waals surface area contributed by atoms with E-state index in [0.29, 0.717) is 30.8 Å². The average Bonchev–Trinajstić information content (AvgIpc) is 3.50. The number of ether oxygens (including phenoxy) is 2. The van der Waals surface area contributed by atoms with E-state index in [0.717, 1.165) is 12.8 Å². The molecule has 2 aromatic heterocycles. The summed E-state index contributed by atoms with van der Waals surface area (Å²) < 4.78 is 35.5. The van der Waals surface area contributed by atoms with E-state index >= 15 is 0 Å². The lowest BCUT2D eigenvalue weighted by Crippen LogP contribution is -2.39. The van der Waals surface area contributed by atoms with Crippen LogP contribution in [0.3, 0.4) is 0 Å². The fraction of sp³-hybridized carbons (Fsp3) is 0.793. The molecule has 1 aliphatic rings. The Kier molecular flexibility index (Phi) is 14.6. The lowest BCUT2D eigenvalue weighted by atomic mass is 9.93. The molecule has 0 spiro atoms. The van der Waals surface area contributed by atoms with Gasteiger partial charge in [0.2, 0.25) is 0 Å². The smallest absolute Gasteiger partial charge is 0.387 e. The average molecular weight is 615 g/mol. The molecular formula is C29H51N4O8P. The minimum atomic E-state index is -4.40. The van der Waals surface area contributed by atoms with E-state index in [1.165, 1.54) is 75.1 Å². The van der Waals surface area contributed by atoms with E-state index < -0.39 is 38.3 Å². The molecule has 0 bridgehead atoms. The van der Waals surface area contributed by atoms with Crippen molar-refractivity contribution >= 4 is 19.2 Å². The first-order chi connectivity index (χ1) is 20.2. The van der Waals surface area contributed by atoms with Crippen molar-refractivity contribution in [3.63, 3.8) is 0 Å². The molecule has 1 fully saturated rings. The summed E-state index contributed by atoms with van der Waals surface area (Å²) >= 11 is 0. The van der Waals surface area contributed by atoms with Gasteiger partial charge in [-0.25, -0.2) is 14.1 Å². The maximum absolute atomic E-state index is 12.4. The first-order valence-corrected chi connectivity index (χ1v) is 17.0. The number of unbranched alkanes of at least 4 members (excludes halogenated alkanes) is 11. The van der Waals surface area contributed by atoms with Gasteiger partial charge in [0, 0.05) is 13.2 Å². The van der Waals surface area contributed by atoms with Crippen molar-refractivity contribution in [2.24, 2.45) is 0 Å². The predicted octanol–water partition coefficient (Wildman–Crippen LogP) is 4.89. The van der Waals surface area contributed by atoms with Gasteiger partial charge < -0.3 is 30.3 Å². The molecule has 1 unspecified atom stereocenters. The Morgan fingerprint density at radius 3 is 2.24 bits per heavy atom. The van der Waals surface area contributed by atoms with Gasteiger partial charge >= 0.3 is 7.82 Å². The second-order valence-electron chi connectivity index (χ2n) is 11.3. The molecule has 0 aliphatic carbocycles. The molecule has 5 N–H and O–H groups in total. The van der Waals surface area contributed by atoms with Crippen molar-refractivity contribution < 1.29 is 38.2 Å². The quantitative estimate of drug-likeness (QED) is 0.105. The summed E-state index contributed by atoms with van der Waals surface area (Å²) in [5.41, 5.74) is 5.46. The maximum Gasteiger partial charge on any atom is 0.472 e. The molecule has 0 radical (unpaired) electrons. The number of hydrogen-bond donors (Lipinski definition) is 4. The van der Waals surface area contributed by atoms with E-state index in [2.05, 4.69) is 17.0 Å². The first-order valence-electron chi connectivity index (χ1n) is 15.5. The van der Waals surface area contributed by atoms with E-state index in [-0.39, 0.29) is 12.4 Å². The van der Waals surface area contributed by atoms with Crippen LogP contribution < -0.4 is 5.73 Å². The van der Waals surface area contributed by atoms with Gasteiger partial charge in [-0.05, 0) is 31.9 Å². The number of phosphoric acid groups is 1. The number of aliphatic hydroxyl groups is 2. The fourth-order valence-electron chi connectivity index (χ4n) is 5.35. The molecule has 42 heavy (non-hydrogen) atoms. The van der Waals surface area contributed by atoms with Crippen LogP contribution in [0.15, 0.2) is 18.5 Å². The third-order valence-electron chi connectivity index (χ3n) is 7.89. The maximum atomic E-state index is 12.4. The molecule has 5 atom stereocenters. The van der Waals surface area contributed by atoms with Crippen LogP contribution in [0.4, 0.5) is 5.82 Å². The van der Waals surface area contributed by atoms with Crippen molar-refractivity contribution in [2.75, 3.05) is 32.2 Å². The highest BCUT2D eigenvalue weighted by atomic mass is 31.2. The van der Waals surface area contributed by atoms with Gasteiger partial charge in [0.25, 0.3) is 0 Å². The number of nitrogens with zero attached hydrogens (tertiary/aromatic N) is 3. The molecule has 1 saturated heterocycles. The topological polar surface area (TPSA) is 171 Å². The highest BCUT2D eigenvalue weighted by molar-refractivity contribution is 7.47. The molecule has 0 amide bonds. The van der Waals surface area contributed by atoms with Gasteiger partial charge in [0.15, 0.2) is 5.82 Å². The summed E-state index contributed by atoms with van der Waals surface area (Å²) in [6.45, 7) is 4.45. The number of aromatic nitrogens is 3. The number of nitrogen functional groups attached to an aromatic ring is 1. The number of aliphatic hydroxyl groups excluding tert-OH is 2. The van der Waals surface area contributed by atoms with E-state index in [1.807, 2.05) is 0 Å². The minimum absolute atomic E-state index is 0.0160. The van der Waals surface area contributed by atoms with E-state index in [1.54, 1.807) is 19.1 Å². The number of fused-ring (bicyclic) bond motifs is 1. The predicted molar refractivity (Wildman–Crippen MR) is 160 cm³/mol. The van der Waals surface area contributed by atoms with Crippen molar-refractivity contribution in [1.82, 2.24) is 14.6 Å². The van der Waals surface area contributed by atoms with E-state index in [9.17, 15) is 19.7 Å². The Labute approximate surface area is 249 Å². The molecular weight excluding hydrogens is 563 g/mol. The first kappa shape index (κ1) is 34.9. The standard InChI is InChI=1S/C29H51N4O8P/c1-3-4-5-6-7-8-9-10-11-12-13-14-18-38-19-15-20-39-42(36,37)40-21-24-26(34)27(35)29(2,41-24)25-17-16-23-28(30)31-22-32-33(23)25/h16-17,22,24,26-27,34-35H,3-15,18-21H2,1-2H3,(H,36,37)(H2,30,31,32)/t24-,26-,27-,29+/m1/s1. The summed E-state index contributed by atoms with van der Waals surface area (Å²) in [6, 6.07) is 3.35. The fourth-order valence-corrected chi connectivity index (χ4v) is 6.12. The molecule has 12 nitrogen and oxygen atoms in total. The highest BCUT2D eigenvalue weighted by Crippen LogP contribution is 2.46. The number of rotatable bonds is 22. The van der Waals surface area contributed by atoms with Gasteiger partial charge in [0.05, 0.1) is 18.9 Å². The second kappa shape index (κ2) is 17.6. The van der Waals surface area contributed by atoms with Crippen molar-refractivity contribution in [1.29, 1.82) is 0 Å². The third-order valence-corrected chi connectivity index (χ3v) is 8.87.